The van der Waals surface area contributed by atoms with Crippen LogP contribution in [-0.2, 0) is 0 Å². The standard InChI is InChI=1S/C28H29NO6/c1-14(2)33-23-10-17-8-9-29-26(18(17)11-21(23)31-6)16(5)25-19-12-22(32-7)24(34-15(3)4)13-20(19)35-28(30)27(25)29/h8-15H,1-7H3. The average molecular weight is 476 g/mol. The van der Waals surface area contributed by atoms with Gasteiger partial charge in [-0.2, -0.15) is 0 Å². The molecule has 0 bridgehead atoms. The minimum Gasteiger partial charge on any atom is -0.493 e. The zero-order chi connectivity index (χ0) is 25.0. The average Bonchev–Trinajstić information content (AvgIpc) is 3.11. The summed E-state index contributed by atoms with van der Waals surface area (Å²) in [4.78, 5) is 13.2. The van der Waals surface area contributed by atoms with Gasteiger partial charge in [0.25, 0.3) is 0 Å². The Morgan fingerprint density at radius 2 is 1.40 bits per heavy atom. The molecule has 35 heavy (non-hydrogen) atoms. The smallest absolute Gasteiger partial charge is 0.361 e. The lowest BCUT2D eigenvalue weighted by molar-refractivity contribution is 0.230. The van der Waals surface area contributed by atoms with E-state index in [0.717, 1.165) is 32.6 Å². The molecule has 0 N–H and O–H groups in total. The molecule has 0 spiro atoms. The van der Waals surface area contributed by atoms with Crippen molar-refractivity contribution in [3.8, 4) is 23.0 Å². The molecule has 0 atom stereocenters. The summed E-state index contributed by atoms with van der Waals surface area (Å²) in [6.07, 6.45) is 1.86. The molecule has 5 aromatic rings. The van der Waals surface area contributed by atoms with Crippen molar-refractivity contribution in [3.05, 3.63) is 52.5 Å². The van der Waals surface area contributed by atoms with Crippen LogP contribution in [0.3, 0.4) is 0 Å². The van der Waals surface area contributed by atoms with E-state index in [2.05, 4.69) is 0 Å². The molecule has 5 rings (SSSR count). The Hall–Kier alpha value is -3.87. The molecule has 0 saturated heterocycles. The van der Waals surface area contributed by atoms with E-state index in [4.69, 9.17) is 23.4 Å². The van der Waals surface area contributed by atoms with Gasteiger partial charge in [-0.15, -0.1) is 0 Å². The summed E-state index contributed by atoms with van der Waals surface area (Å²) >= 11 is 0. The summed E-state index contributed by atoms with van der Waals surface area (Å²) in [6.45, 7) is 9.85. The topological polar surface area (TPSA) is 71.5 Å². The van der Waals surface area contributed by atoms with E-state index in [1.165, 1.54) is 0 Å². The van der Waals surface area contributed by atoms with E-state index in [1.807, 2.05) is 69.5 Å². The summed E-state index contributed by atoms with van der Waals surface area (Å²) in [5.41, 5.74) is 2.39. The Bertz CT molecular complexity index is 1660. The van der Waals surface area contributed by atoms with Gasteiger partial charge < -0.3 is 27.8 Å². The number of aromatic nitrogens is 1. The van der Waals surface area contributed by atoms with Crippen molar-refractivity contribution in [2.75, 3.05) is 14.2 Å². The molecule has 7 heteroatoms. The molecular formula is C28H29NO6. The Morgan fingerprint density at radius 1 is 0.800 bits per heavy atom. The van der Waals surface area contributed by atoms with E-state index < -0.39 is 5.63 Å². The Balaban J connectivity index is 1.89. The molecular weight excluding hydrogens is 446 g/mol. The summed E-state index contributed by atoms with van der Waals surface area (Å²) in [7, 11) is 3.23. The van der Waals surface area contributed by atoms with Crippen LogP contribution in [0.5, 0.6) is 23.0 Å². The molecule has 0 amide bonds. The highest BCUT2D eigenvalue weighted by atomic mass is 16.5. The number of benzene rings is 2. The highest BCUT2D eigenvalue weighted by molar-refractivity contribution is 6.14. The Morgan fingerprint density at radius 3 is 2.00 bits per heavy atom. The fraction of sp³-hybridized carbons (Fsp3) is 0.321. The van der Waals surface area contributed by atoms with E-state index in [9.17, 15) is 4.79 Å². The summed E-state index contributed by atoms with van der Waals surface area (Å²) in [6, 6.07) is 9.52. The van der Waals surface area contributed by atoms with Gasteiger partial charge in [0.1, 0.15) is 11.1 Å². The fourth-order valence-electron chi connectivity index (χ4n) is 4.77. The van der Waals surface area contributed by atoms with Gasteiger partial charge in [0.2, 0.25) is 0 Å². The van der Waals surface area contributed by atoms with Crippen molar-refractivity contribution in [1.29, 1.82) is 0 Å². The molecule has 0 aliphatic carbocycles. The third kappa shape index (κ3) is 3.62. The number of hydrogen-bond acceptors (Lipinski definition) is 6. The Labute approximate surface area is 202 Å². The first kappa shape index (κ1) is 22.9. The second kappa shape index (κ2) is 8.41. The van der Waals surface area contributed by atoms with E-state index in [0.29, 0.717) is 34.1 Å². The molecule has 0 radical (unpaired) electrons. The van der Waals surface area contributed by atoms with Gasteiger partial charge in [-0.1, -0.05) is 0 Å². The summed E-state index contributed by atoms with van der Waals surface area (Å²) in [5, 5.41) is 3.54. The molecule has 0 aliphatic heterocycles. The number of hydrogen-bond donors (Lipinski definition) is 0. The van der Waals surface area contributed by atoms with Crippen molar-refractivity contribution >= 4 is 38.2 Å². The van der Waals surface area contributed by atoms with Crippen molar-refractivity contribution in [2.45, 2.75) is 46.8 Å². The predicted octanol–water partition coefficient (Wildman–Crippen LogP) is 6.25. The highest BCUT2D eigenvalue weighted by Crippen LogP contribution is 2.41. The van der Waals surface area contributed by atoms with Gasteiger partial charge in [0, 0.05) is 28.4 Å². The molecule has 0 fully saturated rings. The van der Waals surface area contributed by atoms with E-state index >= 15 is 0 Å². The lowest BCUT2D eigenvalue weighted by Gasteiger charge is -2.15. The molecule has 3 aromatic heterocycles. The zero-order valence-electron chi connectivity index (χ0n) is 21.0. The number of fused-ring (bicyclic) bond motifs is 7. The molecule has 0 aliphatic rings. The number of methoxy groups -OCH3 is 2. The van der Waals surface area contributed by atoms with Gasteiger partial charge in [-0.05, 0) is 69.8 Å². The second-order valence-electron chi connectivity index (χ2n) is 9.20. The van der Waals surface area contributed by atoms with Crippen LogP contribution in [0.4, 0.5) is 0 Å². The number of aryl methyl sites for hydroxylation is 1. The van der Waals surface area contributed by atoms with Gasteiger partial charge in [-0.25, -0.2) is 4.79 Å². The maximum atomic E-state index is 13.2. The molecule has 0 saturated carbocycles. The third-order valence-corrected chi connectivity index (χ3v) is 6.10. The summed E-state index contributed by atoms with van der Waals surface area (Å²) < 4.78 is 30.8. The van der Waals surface area contributed by atoms with Crippen LogP contribution in [-0.4, -0.2) is 30.8 Å². The SMILES string of the molecule is COc1cc2c(ccn3c2c(C)c2c4cc(OC)c(OC(C)C)cc4oc(=O)c23)cc1OC(C)C. The number of rotatable bonds is 6. The Kier molecular flexibility index (Phi) is 5.50. The first-order valence-corrected chi connectivity index (χ1v) is 11.7. The maximum Gasteiger partial charge on any atom is 0.361 e. The van der Waals surface area contributed by atoms with E-state index in [1.54, 1.807) is 20.3 Å². The van der Waals surface area contributed by atoms with Gasteiger partial charge in [-0.3, -0.25) is 0 Å². The normalized spacial score (nSPS) is 11.9. The molecule has 7 nitrogen and oxygen atoms in total. The first-order valence-electron chi connectivity index (χ1n) is 11.7. The van der Waals surface area contributed by atoms with Crippen LogP contribution < -0.4 is 24.6 Å². The maximum absolute atomic E-state index is 13.2. The van der Waals surface area contributed by atoms with Crippen LogP contribution in [0.15, 0.2) is 45.7 Å². The number of ether oxygens (including phenoxy) is 4. The van der Waals surface area contributed by atoms with Crippen LogP contribution in [0.1, 0.15) is 33.3 Å². The first-order chi connectivity index (χ1) is 16.7. The fourth-order valence-corrected chi connectivity index (χ4v) is 4.77. The van der Waals surface area contributed by atoms with Crippen LogP contribution in [0, 0.1) is 6.92 Å². The second-order valence-corrected chi connectivity index (χ2v) is 9.20. The predicted molar refractivity (Wildman–Crippen MR) is 138 cm³/mol. The quantitative estimate of drug-likeness (QED) is 0.270. The third-order valence-electron chi connectivity index (χ3n) is 6.10. The van der Waals surface area contributed by atoms with Crippen molar-refractivity contribution in [1.82, 2.24) is 4.40 Å². The lowest BCUT2D eigenvalue weighted by Crippen LogP contribution is -2.07. The lowest BCUT2D eigenvalue weighted by atomic mass is 10.0. The minimum atomic E-state index is -0.414. The van der Waals surface area contributed by atoms with Crippen molar-refractivity contribution in [3.63, 3.8) is 0 Å². The van der Waals surface area contributed by atoms with Gasteiger partial charge in [0.05, 0.1) is 31.9 Å². The summed E-state index contributed by atoms with van der Waals surface area (Å²) in [5.74, 6) is 2.43. The van der Waals surface area contributed by atoms with Gasteiger partial charge in [0.15, 0.2) is 23.0 Å². The van der Waals surface area contributed by atoms with Crippen molar-refractivity contribution < 1.29 is 23.4 Å². The van der Waals surface area contributed by atoms with Crippen LogP contribution in [0.2, 0.25) is 0 Å². The van der Waals surface area contributed by atoms with E-state index in [-0.39, 0.29) is 12.2 Å². The number of pyridine rings is 1. The van der Waals surface area contributed by atoms with Crippen molar-refractivity contribution in [2.24, 2.45) is 0 Å². The molecule has 2 aromatic carbocycles. The number of nitrogens with zero attached hydrogens (tertiary/aromatic N) is 1. The van der Waals surface area contributed by atoms with Gasteiger partial charge >= 0.3 is 5.63 Å². The van der Waals surface area contributed by atoms with Crippen LogP contribution >= 0.6 is 0 Å². The minimum absolute atomic E-state index is 0.0123. The largest absolute Gasteiger partial charge is 0.493 e. The monoisotopic (exact) mass is 475 g/mol. The van der Waals surface area contributed by atoms with Crippen LogP contribution in [0.25, 0.3) is 38.2 Å². The zero-order valence-corrected chi connectivity index (χ0v) is 21.0. The highest BCUT2D eigenvalue weighted by Gasteiger charge is 2.22. The molecule has 182 valence electrons. The molecule has 3 heterocycles. The molecule has 0 unspecified atom stereocenters.